The third-order valence-corrected chi connectivity index (χ3v) is 12.4. The molecule has 4 heterocycles. The van der Waals surface area contributed by atoms with Gasteiger partial charge in [0, 0.05) is 49.0 Å². The average molecular weight is 806 g/mol. The van der Waals surface area contributed by atoms with Crippen LogP contribution < -0.4 is 0 Å². The Kier molecular flexibility index (Phi) is 7.80. The zero-order chi connectivity index (χ0) is 41.4. The number of nitrogens with zero attached hydrogens (tertiary/aromatic N) is 5. The average Bonchev–Trinajstić information content (AvgIpc) is 4.02. The molecule has 0 aliphatic carbocycles. The molecular formula is C57H35N5O. The molecule has 0 aliphatic rings. The van der Waals surface area contributed by atoms with Gasteiger partial charge in [0.15, 0.2) is 11.6 Å². The second-order valence-corrected chi connectivity index (χ2v) is 16.0. The van der Waals surface area contributed by atoms with Gasteiger partial charge in [-0.3, -0.25) is 4.57 Å². The van der Waals surface area contributed by atoms with Gasteiger partial charge in [0.25, 0.3) is 0 Å². The van der Waals surface area contributed by atoms with E-state index < -0.39 is 0 Å². The minimum Gasteiger partial charge on any atom is -0.455 e. The molecule has 0 spiro atoms. The Balaban J connectivity index is 1.13. The van der Waals surface area contributed by atoms with Crippen molar-refractivity contribution in [1.82, 2.24) is 24.1 Å². The van der Waals surface area contributed by atoms with Crippen LogP contribution in [0.25, 0.3) is 122 Å². The maximum absolute atomic E-state index is 6.62. The van der Waals surface area contributed by atoms with Crippen molar-refractivity contribution in [2.45, 2.75) is 0 Å². The summed E-state index contributed by atoms with van der Waals surface area (Å²) in [5, 5.41) is 6.66. The second-order valence-electron chi connectivity index (χ2n) is 16.0. The van der Waals surface area contributed by atoms with Gasteiger partial charge in [0.2, 0.25) is 5.95 Å². The van der Waals surface area contributed by atoms with Crippen LogP contribution >= 0.6 is 0 Å². The SMILES string of the molecule is c1ccc(-c2ccc3c4ccccc4n(-c4nc(-c5cc(-c6ccccc6)c6oc7ccccc7c6c5)nc(-c5ccccc5-n5c6ccccc6c6ccccc65)n4)c3c2)cc1. The van der Waals surface area contributed by atoms with Crippen molar-refractivity contribution < 1.29 is 4.42 Å². The fourth-order valence-corrected chi connectivity index (χ4v) is 9.54. The first-order valence-corrected chi connectivity index (χ1v) is 21.2. The molecule has 0 saturated heterocycles. The smallest absolute Gasteiger partial charge is 0.238 e. The highest BCUT2D eigenvalue weighted by molar-refractivity contribution is 6.13. The van der Waals surface area contributed by atoms with Crippen LogP contribution in [0.1, 0.15) is 0 Å². The number of hydrogen-bond donors (Lipinski definition) is 0. The van der Waals surface area contributed by atoms with Crippen molar-refractivity contribution in [3.63, 3.8) is 0 Å². The minimum absolute atomic E-state index is 0.529. The number of rotatable bonds is 6. The second kappa shape index (κ2) is 14.0. The van der Waals surface area contributed by atoms with Gasteiger partial charge in [-0.05, 0) is 71.3 Å². The predicted molar refractivity (Wildman–Crippen MR) is 258 cm³/mol. The van der Waals surface area contributed by atoms with Crippen LogP contribution in [-0.4, -0.2) is 24.1 Å². The monoisotopic (exact) mass is 805 g/mol. The summed E-state index contributed by atoms with van der Waals surface area (Å²) in [5.41, 5.74) is 12.9. The van der Waals surface area contributed by atoms with Gasteiger partial charge >= 0.3 is 0 Å². The Morgan fingerprint density at radius 1 is 0.317 bits per heavy atom. The van der Waals surface area contributed by atoms with E-state index in [0.717, 1.165) is 93.8 Å². The van der Waals surface area contributed by atoms with Crippen molar-refractivity contribution in [3.8, 4) is 56.7 Å². The molecule has 0 saturated carbocycles. The number of fused-ring (bicyclic) bond motifs is 9. The Hall–Kier alpha value is -8.61. The summed E-state index contributed by atoms with van der Waals surface area (Å²) in [6.07, 6.45) is 0. The molecule has 4 aromatic heterocycles. The van der Waals surface area contributed by atoms with E-state index in [1.54, 1.807) is 0 Å². The van der Waals surface area contributed by atoms with Gasteiger partial charge < -0.3 is 8.98 Å². The van der Waals surface area contributed by atoms with E-state index in [4.69, 9.17) is 19.4 Å². The summed E-state index contributed by atoms with van der Waals surface area (Å²) in [6, 6.07) is 74.3. The molecular weight excluding hydrogens is 771 g/mol. The van der Waals surface area contributed by atoms with Crippen molar-refractivity contribution >= 4 is 65.6 Å². The number of aromatic nitrogens is 5. The molecule has 0 bridgehead atoms. The van der Waals surface area contributed by atoms with E-state index in [0.29, 0.717) is 17.6 Å². The highest BCUT2D eigenvalue weighted by Gasteiger charge is 2.23. The first-order valence-electron chi connectivity index (χ1n) is 21.2. The lowest BCUT2D eigenvalue weighted by atomic mass is 9.99. The Morgan fingerprint density at radius 3 is 1.59 bits per heavy atom. The summed E-state index contributed by atoms with van der Waals surface area (Å²) in [6.45, 7) is 0. The van der Waals surface area contributed by atoms with Crippen LogP contribution in [0.5, 0.6) is 0 Å². The number of hydrogen-bond acceptors (Lipinski definition) is 4. The van der Waals surface area contributed by atoms with Crippen molar-refractivity contribution in [2.75, 3.05) is 0 Å². The van der Waals surface area contributed by atoms with Crippen LogP contribution in [0, 0.1) is 0 Å². The maximum Gasteiger partial charge on any atom is 0.238 e. The first-order chi connectivity index (χ1) is 31.2. The van der Waals surface area contributed by atoms with Gasteiger partial charge in [-0.1, -0.05) is 158 Å². The summed E-state index contributed by atoms with van der Waals surface area (Å²) in [4.78, 5) is 16.4. The molecule has 6 heteroatoms. The lowest BCUT2D eigenvalue weighted by Crippen LogP contribution is -2.08. The lowest BCUT2D eigenvalue weighted by molar-refractivity contribution is 0.670. The van der Waals surface area contributed by atoms with Crippen LogP contribution in [0.3, 0.4) is 0 Å². The number of benzene rings is 9. The van der Waals surface area contributed by atoms with Crippen molar-refractivity contribution in [3.05, 3.63) is 212 Å². The summed E-state index contributed by atoms with van der Waals surface area (Å²) in [7, 11) is 0. The Bertz CT molecular complexity index is 3860. The van der Waals surface area contributed by atoms with E-state index >= 15 is 0 Å². The van der Waals surface area contributed by atoms with Crippen LogP contribution in [0.15, 0.2) is 217 Å². The van der Waals surface area contributed by atoms with E-state index in [1.807, 2.05) is 18.2 Å². The molecule has 0 amide bonds. The lowest BCUT2D eigenvalue weighted by Gasteiger charge is -2.15. The fourth-order valence-electron chi connectivity index (χ4n) is 9.54. The van der Waals surface area contributed by atoms with E-state index in [9.17, 15) is 0 Å². The fraction of sp³-hybridized carbons (Fsp3) is 0. The molecule has 294 valence electrons. The first kappa shape index (κ1) is 35.2. The highest BCUT2D eigenvalue weighted by atomic mass is 16.3. The van der Waals surface area contributed by atoms with Crippen LogP contribution in [0.2, 0.25) is 0 Å². The van der Waals surface area contributed by atoms with Crippen molar-refractivity contribution in [1.29, 1.82) is 0 Å². The molecule has 13 rings (SSSR count). The van der Waals surface area contributed by atoms with Gasteiger partial charge in [0.05, 0.1) is 27.8 Å². The quantitative estimate of drug-likeness (QED) is 0.168. The molecule has 0 N–H and O–H groups in total. The molecule has 0 radical (unpaired) electrons. The van der Waals surface area contributed by atoms with Crippen LogP contribution in [-0.2, 0) is 0 Å². The summed E-state index contributed by atoms with van der Waals surface area (Å²) < 4.78 is 11.2. The molecule has 13 aromatic rings. The topological polar surface area (TPSA) is 61.7 Å². The van der Waals surface area contributed by atoms with E-state index in [2.05, 4.69) is 203 Å². The normalized spacial score (nSPS) is 11.8. The van der Waals surface area contributed by atoms with E-state index in [1.165, 1.54) is 10.8 Å². The molecule has 6 nitrogen and oxygen atoms in total. The molecule has 0 fully saturated rings. The summed E-state index contributed by atoms with van der Waals surface area (Å²) >= 11 is 0. The zero-order valence-electron chi connectivity index (χ0n) is 33.9. The Labute approximate surface area is 361 Å². The van der Waals surface area contributed by atoms with Gasteiger partial charge in [-0.25, -0.2) is 4.98 Å². The Morgan fingerprint density at radius 2 is 0.873 bits per heavy atom. The highest BCUT2D eigenvalue weighted by Crippen LogP contribution is 2.41. The van der Waals surface area contributed by atoms with E-state index in [-0.39, 0.29) is 0 Å². The summed E-state index contributed by atoms with van der Waals surface area (Å²) in [5.74, 6) is 1.65. The van der Waals surface area contributed by atoms with Gasteiger partial charge in [-0.15, -0.1) is 0 Å². The zero-order valence-corrected chi connectivity index (χ0v) is 33.9. The third kappa shape index (κ3) is 5.55. The predicted octanol–water partition coefficient (Wildman–Crippen LogP) is 14.6. The minimum atomic E-state index is 0.529. The molecule has 0 aliphatic heterocycles. The van der Waals surface area contributed by atoms with Gasteiger partial charge in [-0.2, -0.15) is 9.97 Å². The van der Waals surface area contributed by atoms with Gasteiger partial charge in [0.1, 0.15) is 11.2 Å². The molecule has 0 atom stereocenters. The third-order valence-electron chi connectivity index (χ3n) is 12.4. The van der Waals surface area contributed by atoms with Crippen molar-refractivity contribution in [2.24, 2.45) is 0 Å². The maximum atomic E-state index is 6.62. The molecule has 0 unspecified atom stereocenters. The number of furan rings is 1. The standard InChI is InChI=1S/C57H35N5O/c1-3-17-36(18-4-1)38-31-32-43-42-23-9-14-28-50(42)62(52(43)35-38)57-59-55(39-33-46(37-19-5-2-6-20-37)54-47(34-39)44-24-11-16-30-53(44)63-54)58-56(60-57)45-25-10-15-29-51(45)61-48-26-12-7-21-40(48)41-22-8-13-27-49(41)61/h1-35H. The largest absolute Gasteiger partial charge is 0.455 e. The molecule has 63 heavy (non-hydrogen) atoms. The van der Waals surface area contributed by atoms with Crippen LogP contribution in [0.4, 0.5) is 0 Å². The molecule has 9 aromatic carbocycles. The number of para-hydroxylation sites is 5.